The van der Waals surface area contributed by atoms with Crippen molar-refractivity contribution in [1.82, 2.24) is 0 Å². The van der Waals surface area contributed by atoms with Gasteiger partial charge in [0.1, 0.15) is 5.75 Å². The lowest BCUT2D eigenvalue weighted by atomic mass is 10.2. The maximum absolute atomic E-state index is 12.2. The van der Waals surface area contributed by atoms with Crippen LogP contribution in [0.25, 0.3) is 0 Å². The average Bonchev–Trinajstić information content (AvgIpc) is 3.06. The second kappa shape index (κ2) is 8.70. The molecule has 1 amide bonds. The van der Waals surface area contributed by atoms with Crippen molar-refractivity contribution in [3.8, 4) is 5.75 Å². The zero-order valence-corrected chi connectivity index (χ0v) is 14.9. The Labute approximate surface area is 149 Å². The minimum Gasteiger partial charge on any atom is -0.495 e. The Hall–Kier alpha value is -2.05. The molecule has 1 heterocycles. The van der Waals surface area contributed by atoms with Crippen LogP contribution in [0.4, 0.5) is 5.69 Å². The lowest BCUT2D eigenvalue weighted by Gasteiger charge is -2.15. The molecular weight excluding hydrogens is 350 g/mol. The smallest absolute Gasteiger partial charge is 0.306 e. The largest absolute Gasteiger partial charge is 0.495 e. The fourth-order valence-electron chi connectivity index (χ4n) is 2.00. The van der Waals surface area contributed by atoms with Crippen LogP contribution in [0.15, 0.2) is 35.7 Å². The molecule has 0 unspecified atom stereocenters. The van der Waals surface area contributed by atoms with Gasteiger partial charge in [-0.1, -0.05) is 17.7 Å². The molecule has 0 saturated carbocycles. The molecule has 1 aromatic heterocycles. The van der Waals surface area contributed by atoms with Gasteiger partial charge < -0.3 is 14.8 Å². The number of amides is 1. The number of hydrogen-bond donors (Lipinski definition) is 1. The van der Waals surface area contributed by atoms with E-state index < -0.39 is 18.0 Å². The van der Waals surface area contributed by atoms with Gasteiger partial charge in [-0.25, -0.2) is 0 Å². The number of carbonyl (C=O) groups is 2. The van der Waals surface area contributed by atoms with Crippen LogP contribution in [0.5, 0.6) is 5.75 Å². The predicted octanol–water partition coefficient (Wildman–Crippen LogP) is 3.91. The number of thiophene rings is 1. The second-order valence-corrected chi connectivity index (χ2v) is 6.51. The van der Waals surface area contributed by atoms with E-state index in [1.807, 2.05) is 17.5 Å². The minimum atomic E-state index is -0.912. The van der Waals surface area contributed by atoms with Gasteiger partial charge in [0.25, 0.3) is 5.91 Å². The van der Waals surface area contributed by atoms with Gasteiger partial charge in [0, 0.05) is 9.90 Å². The summed E-state index contributed by atoms with van der Waals surface area (Å²) in [7, 11) is 1.49. The van der Waals surface area contributed by atoms with Crippen LogP contribution in [0.3, 0.4) is 0 Å². The number of nitrogens with one attached hydrogen (secondary N) is 1. The van der Waals surface area contributed by atoms with Gasteiger partial charge in [-0.05, 0) is 43.0 Å². The third kappa shape index (κ3) is 5.25. The Morgan fingerprint density at radius 1 is 1.33 bits per heavy atom. The molecule has 1 atom stereocenters. The molecule has 0 fully saturated rings. The molecular formula is C17H18ClNO4S. The van der Waals surface area contributed by atoms with Crippen molar-refractivity contribution in [2.24, 2.45) is 0 Å². The number of rotatable bonds is 7. The number of aryl methyl sites for hydroxylation is 1. The summed E-state index contributed by atoms with van der Waals surface area (Å²) in [6.45, 7) is 1.52. The summed E-state index contributed by atoms with van der Waals surface area (Å²) in [5.74, 6) is -0.381. The standard InChI is InChI=1S/C17H18ClNO4S/c1-11(23-16(20)8-6-13-4-3-9-24-13)17(21)19-14-10-12(18)5-7-15(14)22-2/h3-5,7,9-11H,6,8H2,1-2H3,(H,19,21)/t11-/m1/s1. The molecule has 128 valence electrons. The molecule has 5 nitrogen and oxygen atoms in total. The lowest BCUT2D eigenvalue weighted by Crippen LogP contribution is -2.30. The Kier molecular flexibility index (Phi) is 6.63. The molecule has 0 aliphatic carbocycles. The van der Waals surface area contributed by atoms with Crippen LogP contribution in [-0.4, -0.2) is 25.1 Å². The van der Waals surface area contributed by atoms with Crippen molar-refractivity contribution in [3.05, 3.63) is 45.6 Å². The van der Waals surface area contributed by atoms with Gasteiger partial charge in [0.15, 0.2) is 6.10 Å². The molecule has 1 aromatic carbocycles. The van der Waals surface area contributed by atoms with Crippen molar-refractivity contribution in [2.45, 2.75) is 25.9 Å². The van der Waals surface area contributed by atoms with Crippen LogP contribution in [0.1, 0.15) is 18.2 Å². The Bertz CT molecular complexity index is 703. The topological polar surface area (TPSA) is 64.6 Å². The summed E-state index contributed by atoms with van der Waals surface area (Å²) in [5, 5.41) is 5.07. The molecule has 0 saturated heterocycles. The SMILES string of the molecule is COc1ccc(Cl)cc1NC(=O)[C@@H](C)OC(=O)CCc1cccs1. The highest BCUT2D eigenvalue weighted by molar-refractivity contribution is 7.09. The van der Waals surface area contributed by atoms with E-state index >= 15 is 0 Å². The molecule has 7 heteroatoms. The number of carbonyl (C=O) groups excluding carboxylic acids is 2. The van der Waals surface area contributed by atoms with E-state index in [-0.39, 0.29) is 6.42 Å². The van der Waals surface area contributed by atoms with Crippen molar-refractivity contribution in [1.29, 1.82) is 0 Å². The molecule has 2 rings (SSSR count). The number of benzene rings is 1. The van der Waals surface area contributed by atoms with Crippen LogP contribution in [-0.2, 0) is 20.7 Å². The first-order valence-electron chi connectivity index (χ1n) is 7.36. The number of anilines is 1. The third-order valence-electron chi connectivity index (χ3n) is 3.25. The van der Waals surface area contributed by atoms with E-state index in [9.17, 15) is 9.59 Å². The zero-order chi connectivity index (χ0) is 17.5. The summed E-state index contributed by atoms with van der Waals surface area (Å²) in [6, 6.07) is 8.77. The van der Waals surface area contributed by atoms with Crippen molar-refractivity contribution < 1.29 is 19.1 Å². The molecule has 0 aliphatic heterocycles. The Morgan fingerprint density at radius 2 is 2.12 bits per heavy atom. The summed E-state index contributed by atoms with van der Waals surface area (Å²) in [4.78, 5) is 25.1. The van der Waals surface area contributed by atoms with E-state index in [0.29, 0.717) is 22.9 Å². The molecule has 0 spiro atoms. The molecule has 24 heavy (non-hydrogen) atoms. The van der Waals surface area contributed by atoms with E-state index in [4.69, 9.17) is 21.1 Å². The first kappa shape index (κ1) is 18.3. The highest BCUT2D eigenvalue weighted by Crippen LogP contribution is 2.27. The lowest BCUT2D eigenvalue weighted by molar-refractivity contribution is -0.153. The van der Waals surface area contributed by atoms with E-state index in [0.717, 1.165) is 4.88 Å². The van der Waals surface area contributed by atoms with Crippen LogP contribution < -0.4 is 10.1 Å². The highest BCUT2D eigenvalue weighted by atomic mass is 35.5. The maximum atomic E-state index is 12.2. The molecule has 2 aromatic rings. The van der Waals surface area contributed by atoms with Crippen molar-refractivity contribution >= 4 is 40.5 Å². The highest BCUT2D eigenvalue weighted by Gasteiger charge is 2.19. The van der Waals surface area contributed by atoms with Gasteiger partial charge in [-0.2, -0.15) is 0 Å². The quantitative estimate of drug-likeness (QED) is 0.753. The number of hydrogen-bond acceptors (Lipinski definition) is 5. The van der Waals surface area contributed by atoms with E-state index in [2.05, 4.69) is 5.32 Å². The second-order valence-electron chi connectivity index (χ2n) is 5.05. The summed E-state index contributed by atoms with van der Waals surface area (Å²) < 4.78 is 10.3. The zero-order valence-electron chi connectivity index (χ0n) is 13.4. The van der Waals surface area contributed by atoms with Crippen molar-refractivity contribution in [3.63, 3.8) is 0 Å². The third-order valence-corrected chi connectivity index (χ3v) is 4.42. The fraction of sp³-hybridized carbons (Fsp3) is 0.294. The monoisotopic (exact) mass is 367 g/mol. The fourth-order valence-corrected chi connectivity index (χ4v) is 2.88. The minimum absolute atomic E-state index is 0.235. The van der Waals surface area contributed by atoms with Crippen LogP contribution in [0, 0.1) is 0 Å². The number of esters is 1. The average molecular weight is 368 g/mol. The first-order chi connectivity index (χ1) is 11.5. The van der Waals surface area contributed by atoms with Crippen molar-refractivity contribution in [2.75, 3.05) is 12.4 Å². The van der Waals surface area contributed by atoms with Gasteiger partial charge in [-0.15, -0.1) is 11.3 Å². The van der Waals surface area contributed by atoms with E-state index in [1.165, 1.54) is 14.0 Å². The molecule has 0 aliphatic rings. The maximum Gasteiger partial charge on any atom is 0.306 e. The van der Waals surface area contributed by atoms with Gasteiger partial charge in [0.2, 0.25) is 0 Å². The summed E-state index contributed by atoms with van der Waals surface area (Å²) >= 11 is 7.50. The molecule has 0 radical (unpaired) electrons. The van der Waals surface area contributed by atoms with Crippen LogP contribution >= 0.6 is 22.9 Å². The van der Waals surface area contributed by atoms with Gasteiger partial charge >= 0.3 is 5.97 Å². The number of ether oxygens (including phenoxy) is 2. The molecule has 0 bridgehead atoms. The predicted molar refractivity (Wildman–Crippen MR) is 94.8 cm³/mol. The Balaban J connectivity index is 1.87. The van der Waals surface area contributed by atoms with E-state index in [1.54, 1.807) is 29.5 Å². The normalized spacial score (nSPS) is 11.6. The van der Waals surface area contributed by atoms with Crippen LogP contribution in [0.2, 0.25) is 5.02 Å². The Morgan fingerprint density at radius 3 is 2.79 bits per heavy atom. The summed E-state index contributed by atoms with van der Waals surface area (Å²) in [5.41, 5.74) is 0.427. The molecule has 1 N–H and O–H groups in total. The number of methoxy groups -OCH3 is 1. The van der Waals surface area contributed by atoms with Gasteiger partial charge in [0.05, 0.1) is 19.2 Å². The summed E-state index contributed by atoms with van der Waals surface area (Å²) in [6.07, 6.45) is -0.0736. The van der Waals surface area contributed by atoms with Gasteiger partial charge in [-0.3, -0.25) is 9.59 Å². The number of halogens is 1. The first-order valence-corrected chi connectivity index (χ1v) is 8.61.